The van der Waals surface area contributed by atoms with E-state index in [2.05, 4.69) is 26.1 Å². The molecule has 0 bridgehead atoms. The molecule has 0 saturated heterocycles. The highest BCUT2D eigenvalue weighted by molar-refractivity contribution is 4.89. The predicted molar refractivity (Wildman–Crippen MR) is 81.4 cm³/mol. The first-order valence-electron chi connectivity index (χ1n) is 8.11. The third-order valence-electron chi connectivity index (χ3n) is 4.60. The van der Waals surface area contributed by atoms with Crippen LogP contribution < -0.4 is 5.32 Å². The molecule has 1 saturated carbocycles. The molecule has 0 aromatic carbocycles. The zero-order chi connectivity index (χ0) is 16.1. The van der Waals surface area contributed by atoms with E-state index >= 15 is 0 Å². The summed E-state index contributed by atoms with van der Waals surface area (Å²) in [5.74, 6) is 0.748. The van der Waals surface area contributed by atoms with E-state index in [1.165, 1.54) is 12.8 Å². The van der Waals surface area contributed by atoms with Gasteiger partial charge in [0.15, 0.2) is 0 Å². The van der Waals surface area contributed by atoms with Crippen LogP contribution in [0.3, 0.4) is 0 Å². The minimum atomic E-state index is -4.06. The van der Waals surface area contributed by atoms with Crippen molar-refractivity contribution in [2.45, 2.75) is 65.1 Å². The number of halogens is 3. The lowest BCUT2D eigenvalue weighted by molar-refractivity contribution is -0.138. The monoisotopic (exact) mass is 308 g/mol. The summed E-state index contributed by atoms with van der Waals surface area (Å²) in [5, 5.41) is 3.50. The molecule has 0 atom stereocenters. The molecule has 1 N–H and O–H groups in total. The standard InChI is InChI=1S/C16H31F3N2/c1-13(2)20-11-15(7-5-14(3)6-8-15)12-21(4)10-9-16(17,18)19/h13-14,20H,5-12H2,1-4H3. The minimum Gasteiger partial charge on any atom is -0.314 e. The summed E-state index contributed by atoms with van der Waals surface area (Å²) >= 11 is 0. The summed E-state index contributed by atoms with van der Waals surface area (Å²) in [4.78, 5) is 1.87. The second kappa shape index (κ2) is 7.82. The molecule has 0 aromatic rings. The number of rotatable bonds is 7. The maximum absolute atomic E-state index is 12.4. The SMILES string of the molecule is CC1CCC(CNC(C)C)(CN(C)CCC(F)(F)F)CC1. The van der Waals surface area contributed by atoms with E-state index in [1.807, 2.05) is 11.9 Å². The van der Waals surface area contributed by atoms with Gasteiger partial charge in [0, 0.05) is 25.7 Å². The highest BCUT2D eigenvalue weighted by Gasteiger charge is 2.36. The Morgan fingerprint density at radius 2 is 1.81 bits per heavy atom. The lowest BCUT2D eigenvalue weighted by Gasteiger charge is -2.42. The minimum absolute atomic E-state index is 0.0997. The van der Waals surface area contributed by atoms with Crippen LogP contribution >= 0.6 is 0 Å². The Labute approximate surface area is 127 Å². The second-order valence-corrected chi connectivity index (χ2v) is 7.32. The Hall–Kier alpha value is -0.290. The molecular formula is C16H31F3N2. The van der Waals surface area contributed by atoms with Crippen molar-refractivity contribution < 1.29 is 13.2 Å². The van der Waals surface area contributed by atoms with E-state index < -0.39 is 12.6 Å². The van der Waals surface area contributed by atoms with E-state index in [4.69, 9.17) is 0 Å². The van der Waals surface area contributed by atoms with Gasteiger partial charge in [-0.15, -0.1) is 0 Å². The van der Waals surface area contributed by atoms with Gasteiger partial charge in [0.05, 0.1) is 6.42 Å². The van der Waals surface area contributed by atoms with Crippen molar-refractivity contribution in [3.05, 3.63) is 0 Å². The quantitative estimate of drug-likeness (QED) is 0.763. The average Bonchev–Trinajstić information content (AvgIpc) is 2.37. The van der Waals surface area contributed by atoms with Crippen LogP contribution in [0.4, 0.5) is 13.2 Å². The van der Waals surface area contributed by atoms with Gasteiger partial charge in [0.1, 0.15) is 0 Å². The summed E-state index contributed by atoms with van der Waals surface area (Å²) in [5.41, 5.74) is 0.136. The molecule has 0 heterocycles. The smallest absolute Gasteiger partial charge is 0.314 e. The normalized spacial score (nSPS) is 27.6. The van der Waals surface area contributed by atoms with Gasteiger partial charge >= 0.3 is 6.18 Å². The van der Waals surface area contributed by atoms with Gasteiger partial charge in [-0.2, -0.15) is 13.2 Å². The van der Waals surface area contributed by atoms with Gasteiger partial charge < -0.3 is 10.2 Å². The van der Waals surface area contributed by atoms with Crippen LogP contribution in [0, 0.1) is 11.3 Å². The van der Waals surface area contributed by atoms with Crippen molar-refractivity contribution in [3.63, 3.8) is 0 Å². The van der Waals surface area contributed by atoms with Crippen molar-refractivity contribution in [1.82, 2.24) is 10.2 Å². The highest BCUT2D eigenvalue weighted by atomic mass is 19.4. The molecule has 1 aliphatic rings. The van der Waals surface area contributed by atoms with E-state index in [-0.39, 0.29) is 12.0 Å². The first kappa shape index (κ1) is 18.8. The fourth-order valence-electron chi connectivity index (χ4n) is 3.16. The number of hydrogen-bond donors (Lipinski definition) is 1. The van der Waals surface area contributed by atoms with Crippen molar-refractivity contribution in [3.8, 4) is 0 Å². The highest BCUT2D eigenvalue weighted by Crippen LogP contribution is 2.39. The van der Waals surface area contributed by atoms with Crippen LogP contribution in [0.2, 0.25) is 0 Å². The first-order chi connectivity index (χ1) is 9.62. The summed E-state index contributed by atoms with van der Waals surface area (Å²) in [6.07, 6.45) is -0.166. The van der Waals surface area contributed by atoms with E-state index in [1.54, 1.807) is 0 Å². The molecule has 1 fully saturated rings. The van der Waals surface area contributed by atoms with Gasteiger partial charge in [-0.05, 0) is 31.2 Å². The van der Waals surface area contributed by atoms with Crippen LogP contribution in [0.5, 0.6) is 0 Å². The van der Waals surface area contributed by atoms with Crippen molar-refractivity contribution >= 4 is 0 Å². The van der Waals surface area contributed by atoms with Gasteiger partial charge in [-0.3, -0.25) is 0 Å². The van der Waals surface area contributed by atoms with Gasteiger partial charge in [0.2, 0.25) is 0 Å². The third-order valence-corrected chi connectivity index (χ3v) is 4.60. The molecule has 0 unspecified atom stereocenters. The molecule has 1 aliphatic carbocycles. The number of nitrogens with one attached hydrogen (secondary N) is 1. The molecule has 0 aliphatic heterocycles. The summed E-state index contributed by atoms with van der Waals surface area (Å²) in [6.45, 7) is 8.28. The molecule has 126 valence electrons. The topological polar surface area (TPSA) is 15.3 Å². The zero-order valence-electron chi connectivity index (χ0n) is 13.9. The van der Waals surface area contributed by atoms with Crippen molar-refractivity contribution in [2.75, 3.05) is 26.7 Å². The molecule has 0 radical (unpaired) electrons. The predicted octanol–water partition coefficient (Wildman–Crippen LogP) is 4.07. The fraction of sp³-hybridized carbons (Fsp3) is 1.00. The Balaban J connectivity index is 2.56. The van der Waals surface area contributed by atoms with Crippen LogP contribution in [-0.4, -0.2) is 43.8 Å². The van der Waals surface area contributed by atoms with E-state index in [9.17, 15) is 13.2 Å². The Kier molecular flexibility index (Phi) is 6.98. The summed E-state index contributed by atoms with van der Waals surface area (Å²) in [6, 6.07) is 0.418. The molecule has 0 spiro atoms. The number of alkyl halides is 3. The molecule has 21 heavy (non-hydrogen) atoms. The lowest BCUT2D eigenvalue weighted by Crippen LogP contribution is -2.47. The molecule has 2 nitrogen and oxygen atoms in total. The number of hydrogen-bond acceptors (Lipinski definition) is 2. The maximum Gasteiger partial charge on any atom is 0.390 e. The molecule has 1 rings (SSSR count). The largest absolute Gasteiger partial charge is 0.390 e. The van der Waals surface area contributed by atoms with E-state index in [0.29, 0.717) is 6.04 Å². The molecule has 0 amide bonds. The molecular weight excluding hydrogens is 277 g/mol. The number of nitrogens with zero attached hydrogens (tertiary/aromatic N) is 1. The Morgan fingerprint density at radius 3 is 2.29 bits per heavy atom. The lowest BCUT2D eigenvalue weighted by atomic mass is 9.70. The molecule has 5 heteroatoms. The first-order valence-corrected chi connectivity index (χ1v) is 8.11. The Morgan fingerprint density at radius 1 is 1.24 bits per heavy atom. The Bertz CT molecular complexity index is 294. The zero-order valence-corrected chi connectivity index (χ0v) is 13.9. The van der Waals surface area contributed by atoms with Gasteiger partial charge in [0.25, 0.3) is 0 Å². The van der Waals surface area contributed by atoms with E-state index in [0.717, 1.165) is 31.8 Å². The van der Waals surface area contributed by atoms with Crippen molar-refractivity contribution in [2.24, 2.45) is 11.3 Å². The van der Waals surface area contributed by atoms with Crippen LogP contribution in [0.1, 0.15) is 52.9 Å². The maximum atomic E-state index is 12.4. The van der Waals surface area contributed by atoms with Crippen LogP contribution in [0.15, 0.2) is 0 Å². The second-order valence-electron chi connectivity index (χ2n) is 7.32. The summed E-state index contributed by atoms with van der Waals surface area (Å²) in [7, 11) is 1.82. The van der Waals surface area contributed by atoms with Crippen molar-refractivity contribution in [1.29, 1.82) is 0 Å². The summed E-state index contributed by atoms with van der Waals surface area (Å²) < 4.78 is 37.1. The average molecular weight is 308 g/mol. The van der Waals surface area contributed by atoms with Crippen LogP contribution in [-0.2, 0) is 0 Å². The third kappa shape index (κ3) is 7.50. The fourth-order valence-corrected chi connectivity index (χ4v) is 3.16. The molecule has 0 aromatic heterocycles. The van der Waals surface area contributed by atoms with Gasteiger partial charge in [-0.25, -0.2) is 0 Å². The van der Waals surface area contributed by atoms with Crippen LogP contribution in [0.25, 0.3) is 0 Å². The van der Waals surface area contributed by atoms with Gasteiger partial charge in [-0.1, -0.05) is 33.6 Å².